The largest absolute Gasteiger partial charge is 0.381 e. The average Bonchev–Trinajstić information content (AvgIpc) is 2.62. The van der Waals surface area contributed by atoms with E-state index >= 15 is 0 Å². The number of aromatic nitrogens is 2. The van der Waals surface area contributed by atoms with Crippen molar-refractivity contribution in [3.8, 4) is 0 Å². The first-order valence-electron chi connectivity index (χ1n) is 7.92. The predicted molar refractivity (Wildman–Crippen MR) is 92.7 cm³/mol. The van der Waals surface area contributed by atoms with Gasteiger partial charge in [0.25, 0.3) is 5.56 Å². The molecule has 1 aliphatic rings. The summed E-state index contributed by atoms with van der Waals surface area (Å²) in [6, 6.07) is 10.1. The van der Waals surface area contributed by atoms with E-state index in [2.05, 4.69) is 11.6 Å². The summed E-state index contributed by atoms with van der Waals surface area (Å²) in [7, 11) is 0. The molecule has 2 aromatic carbocycles. The van der Waals surface area contributed by atoms with Crippen LogP contribution in [0.2, 0.25) is 0 Å². The summed E-state index contributed by atoms with van der Waals surface area (Å²) < 4.78 is 7.16. The molecule has 4 rings (SSSR count). The third-order valence-electron chi connectivity index (χ3n) is 4.63. The van der Waals surface area contributed by atoms with Gasteiger partial charge in [-0.2, -0.15) is 0 Å². The smallest absolute Gasteiger partial charge is 0.261 e. The Kier molecular flexibility index (Phi) is 3.46. The molecule has 0 bridgehead atoms. The summed E-state index contributed by atoms with van der Waals surface area (Å²) in [6.45, 7) is 5.28. The lowest BCUT2D eigenvalue weighted by Gasteiger charge is -2.24. The molecule has 1 fully saturated rings. The molecule has 0 saturated carbocycles. The molecule has 1 saturated heterocycles. The summed E-state index contributed by atoms with van der Waals surface area (Å²) >= 11 is 0. The Morgan fingerprint density at radius 1 is 1.17 bits per heavy atom. The molecule has 1 aliphatic heterocycles. The maximum absolute atomic E-state index is 13.0. The highest BCUT2D eigenvalue weighted by atomic mass is 16.5. The van der Waals surface area contributed by atoms with Gasteiger partial charge in [-0.05, 0) is 29.9 Å². The van der Waals surface area contributed by atoms with Crippen LogP contribution in [0.25, 0.3) is 27.8 Å². The number of fused-ring (bicyclic) bond motifs is 3. The summed E-state index contributed by atoms with van der Waals surface area (Å²) in [5, 5.41) is 2.73. The Morgan fingerprint density at radius 3 is 2.65 bits per heavy atom. The van der Waals surface area contributed by atoms with Crippen LogP contribution in [0, 0.1) is 0 Å². The number of hydrogen-bond donors (Lipinski definition) is 0. The molecule has 0 amide bonds. The predicted octanol–water partition coefficient (Wildman–Crippen LogP) is 3.54. The van der Waals surface area contributed by atoms with E-state index < -0.39 is 0 Å². The zero-order chi connectivity index (χ0) is 15.8. The Balaban J connectivity index is 2.01. The van der Waals surface area contributed by atoms with Crippen molar-refractivity contribution in [1.82, 2.24) is 9.55 Å². The zero-order valence-corrected chi connectivity index (χ0v) is 12.9. The van der Waals surface area contributed by atoms with Gasteiger partial charge < -0.3 is 4.74 Å². The van der Waals surface area contributed by atoms with Gasteiger partial charge in [0.1, 0.15) is 0 Å². The van der Waals surface area contributed by atoms with Gasteiger partial charge in [0.05, 0.1) is 17.2 Å². The summed E-state index contributed by atoms with van der Waals surface area (Å²) in [6.07, 6.45) is 5.21. The van der Waals surface area contributed by atoms with E-state index in [1.807, 2.05) is 30.3 Å². The van der Waals surface area contributed by atoms with E-state index in [0.717, 1.165) is 34.7 Å². The fraction of sp³-hybridized carbons (Fsp3) is 0.263. The highest BCUT2D eigenvalue weighted by Gasteiger charge is 2.19. The molecule has 1 aromatic heterocycles. The highest BCUT2D eigenvalue weighted by Crippen LogP contribution is 2.27. The fourth-order valence-corrected chi connectivity index (χ4v) is 3.39. The molecule has 0 atom stereocenters. The van der Waals surface area contributed by atoms with Gasteiger partial charge in [-0.25, -0.2) is 4.98 Å². The molecule has 0 radical (unpaired) electrons. The first kappa shape index (κ1) is 14.2. The van der Waals surface area contributed by atoms with Gasteiger partial charge in [-0.1, -0.05) is 36.9 Å². The van der Waals surface area contributed by atoms with E-state index in [4.69, 9.17) is 4.74 Å². The van der Waals surface area contributed by atoms with Crippen LogP contribution in [0.3, 0.4) is 0 Å². The van der Waals surface area contributed by atoms with Crippen LogP contribution < -0.4 is 5.56 Å². The van der Waals surface area contributed by atoms with Crippen LogP contribution in [0.5, 0.6) is 0 Å². The van der Waals surface area contributed by atoms with Gasteiger partial charge in [0.15, 0.2) is 0 Å². The van der Waals surface area contributed by atoms with E-state index in [-0.39, 0.29) is 11.6 Å². The SMILES string of the molecule is C=Cc1cc2c(=O)n(C3CCOCC3)cnc2c2ccccc12. The van der Waals surface area contributed by atoms with Crippen molar-refractivity contribution < 1.29 is 4.74 Å². The first-order chi connectivity index (χ1) is 11.3. The molecule has 3 aromatic rings. The average molecular weight is 306 g/mol. The Morgan fingerprint density at radius 2 is 1.91 bits per heavy atom. The van der Waals surface area contributed by atoms with Gasteiger partial charge in [-0.3, -0.25) is 9.36 Å². The minimum Gasteiger partial charge on any atom is -0.381 e. The van der Waals surface area contributed by atoms with Crippen LogP contribution in [-0.4, -0.2) is 22.8 Å². The van der Waals surface area contributed by atoms with Crippen molar-refractivity contribution in [3.63, 3.8) is 0 Å². The maximum Gasteiger partial charge on any atom is 0.261 e. The molecule has 0 aliphatic carbocycles. The van der Waals surface area contributed by atoms with Crippen LogP contribution in [0.15, 0.2) is 48.0 Å². The molecule has 23 heavy (non-hydrogen) atoms. The quantitative estimate of drug-likeness (QED) is 0.680. The third-order valence-corrected chi connectivity index (χ3v) is 4.63. The lowest BCUT2D eigenvalue weighted by Crippen LogP contribution is -2.29. The summed E-state index contributed by atoms with van der Waals surface area (Å²) in [5.41, 5.74) is 1.76. The third kappa shape index (κ3) is 2.26. The van der Waals surface area contributed by atoms with E-state index in [1.54, 1.807) is 17.0 Å². The number of ether oxygens (including phenoxy) is 1. The minimum atomic E-state index is 0.0238. The van der Waals surface area contributed by atoms with Crippen molar-refractivity contribution in [3.05, 3.63) is 59.2 Å². The van der Waals surface area contributed by atoms with E-state index in [0.29, 0.717) is 18.6 Å². The highest BCUT2D eigenvalue weighted by molar-refractivity contribution is 6.08. The lowest BCUT2D eigenvalue weighted by molar-refractivity contribution is 0.0685. The molecule has 0 spiro atoms. The maximum atomic E-state index is 13.0. The first-order valence-corrected chi connectivity index (χ1v) is 7.92. The topological polar surface area (TPSA) is 44.1 Å². The van der Waals surface area contributed by atoms with Gasteiger partial charge in [0.2, 0.25) is 0 Å². The van der Waals surface area contributed by atoms with Crippen molar-refractivity contribution in [2.24, 2.45) is 0 Å². The van der Waals surface area contributed by atoms with Crippen molar-refractivity contribution in [2.75, 3.05) is 13.2 Å². The zero-order valence-electron chi connectivity index (χ0n) is 12.9. The number of nitrogens with zero attached hydrogens (tertiary/aromatic N) is 2. The van der Waals surface area contributed by atoms with E-state index in [9.17, 15) is 4.79 Å². The number of benzene rings is 2. The molecule has 0 N–H and O–H groups in total. The molecule has 116 valence electrons. The fourth-order valence-electron chi connectivity index (χ4n) is 3.39. The Hall–Kier alpha value is -2.46. The molecule has 0 unspecified atom stereocenters. The second kappa shape index (κ2) is 5.63. The van der Waals surface area contributed by atoms with Crippen molar-refractivity contribution in [2.45, 2.75) is 18.9 Å². The summed E-state index contributed by atoms with van der Waals surface area (Å²) in [5.74, 6) is 0. The van der Waals surface area contributed by atoms with E-state index in [1.165, 1.54) is 0 Å². The Bertz CT molecular complexity index is 953. The molecule has 4 nitrogen and oxygen atoms in total. The standard InChI is InChI=1S/C19H18N2O2/c1-2-13-11-17-18(16-6-4-3-5-15(13)16)20-12-21(19(17)22)14-7-9-23-10-8-14/h2-6,11-12,14H,1,7-10H2. The number of rotatable bonds is 2. The second-order valence-electron chi connectivity index (χ2n) is 5.91. The minimum absolute atomic E-state index is 0.0238. The van der Waals surface area contributed by atoms with Crippen LogP contribution in [0.4, 0.5) is 0 Å². The van der Waals surface area contributed by atoms with Gasteiger partial charge in [-0.15, -0.1) is 0 Å². The van der Waals surface area contributed by atoms with Crippen LogP contribution in [-0.2, 0) is 4.74 Å². The lowest BCUT2D eigenvalue weighted by atomic mass is 10.0. The molecule has 2 heterocycles. The number of hydrogen-bond acceptors (Lipinski definition) is 3. The summed E-state index contributed by atoms with van der Waals surface area (Å²) in [4.78, 5) is 17.6. The Labute approximate surface area is 134 Å². The van der Waals surface area contributed by atoms with Gasteiger partial charge >= 0.3 is 0 Å². The molecule has 4 heteroatoms. The van der Waals surface area contributed by atoms with Crippen molar-refractivity contribution >= 4 is 27.8 Å². The van der Waals surface area contributed by atoms with Crippen LogP contribution in [0.1, 0.15) is 24.4 Å². The second-order valence-corrected chi connectivity index (χ2v) is 5.91. The normalized spacial score (nSPS) is 16.0. The molecular weight excluding hydrogens is 288 g/mol. The van der Waals surface area contributed by atoms with Crippen LogP contribution >= 0.6 is 0 Å². The van der Waals surface area contributed by atoms with Crippen molar-refractivity contribution in [1.29, 1.82) is 0 Å². The van der Waals surface area contributed by atoms with Gasteiger partial charge in [0, 0.05) is 24.6 Å². The monoisotopic (exact) mass is 306 g/mol. The molecular formula is C19H18N2O2.